The minimum Gasteiger partial charge on any atom is -0.465 e. The van der Waals surface area contributed by atoms with E-state index in [1.165, 1.54) is 16.3 Å². The van der Waals surface area contributed by atoms with Crippen LogP contribution in [0.2, 0.25) is 0 Å². The van der Waals surface area contributed by atoms with Gasteiger partial charge in [0.05, 0.1) is 12.0 Å². The van der Waals surface area contributed by atoms with Gasteiger partial charge in [0.1, 0.15) is 0 Å². The molecule has 3 atom stereocenters. The molecule has 0 spiro atoms. The highest BCUT2D eigenvalue weighted by Crippen LogP contribution is 2.50. The van der Waals surface area contributed by atoms with E-state index in [0.717, 1.165) is 25.7 Å². The van der Waals surface area contributed by atoms with Crippen LogP contribution in [0, 0.1) is 17.3 Å². The molecule has 1 aliphatic heterocycles. The zero-order valence-electron chi connectivity index (χ0n) is 13.0. The Balaban J connectivity index is 1.68. The summed E-state index contributed by atoms with van der Waals surface area (Å²) >= 11 is 0. The molecular formula is C20H22O2. The second kappa shape index (κ2) is 5.12. The summed E-state index contributed by atoms with van der Waals surface area (Å²) in [7, 11) is 0. The number of fused-ring (bicyclic) bond motifs is 2. The van der Waals surface area contributed by atoms with Gasteiger partial charge in [-0.05, 0) is 47.9 Å². The Morgan fingerprint density at radius 3 is 2.86 bits per heavy atom. The molecule has 1 heterocycles. The van der Waals surface area contributed by atoms with E-state index >= 15 is 0 Å². The van der Waals surface area contributed by atoms with Gasteiger partial charge in [-0.1, -0.05) is 49.4 Å². The highest BCUT2D eigenvalue weighted by molar-refractivity contribution is 5.84. The number of cyclic esters (lactones) is 1. The zero-order valence-corrected chi connectivity index (χ0v) is 13.0. The number of hydrogen-bond acceptors (Lipinski definition) is 2. The predicted octanol–water partition coefficient (Wildman–Crippen LogP) is 4.36. The number of benzene rings is 2. The largest absolute Gasteiger partial charge is 0.465 e. The summed E-state index contributed by atoms with van der Waals surface area (Å²) in [4.78, 5) is 12.5. The summed E-state index contributed by atoms with van der Waals surface area (Å²) in [6.07, 6.45) is 4.07. The van der Waals surface area contributed by atoms with Crippen molar-refractivity contribution in [3.05, 3.63) is 48.0 Å². The average molecular weight is 294 g/mol. The lowest BCUT2D eigenvalue weighted by atomic mass is 9.62. The molecule has 0 amide bonds. The lowest BCUT2D eigenvalue weighted by molar-refractivity contribution is -0.147. The minimum atomic E-state index is -0.269. The van der Waals surface area contributed by atoms with E-state index < -0.39 is 0 Å². The standard InChI is InChI=1S/C20H22O2/c1-14-8-9-20(18(10-14)13-22-19(20)21)12-15-6-7-16-4-2-3-5-17(16)11-15/h2-7,11,14,18H,8-10,12-13H2,1H3. The summed E-state index contributed by atoms with van der Waals surface area (Å²) in [5, 5.41) is 2.51. The first-order valence-corrected chi connectivity index (χ1v) is 8.32. The monoisotopic (exact) mass is 294 g/mol. The number of carbonyl (C=O) groups is 1. The fraction of sp³-hybridized carbons (Fsp3) is 0.450. The summed E-state index contributed by atoms with van der Waals surface area (Å²) in [5.41, 5.74) is 0.992. The molecule has 2 nitrogen and oxygen atoms in total. The third-order valence-corrected chi connectivity index (χ3v) is 5.71. The van der Waals surface area contributed by atoms with Gasteiger partial charge in [-0.15, -0.1) is 0 Å². The van der Waals surface area contributed by atoms with E-state index in [0.29, 0.717) is 18.4 Å². The van der Waals surface area contributed by atoms with Gasteiger partial charge in [0.25, 0.3) is 0 Å². The molecule has 0 aromatic heterocycles. The Morgan fingerprint density at radius 2 is 2.00 bits per heavy atom. The molecule has 0 radical (unpaired) electrons. The van der Waals surface area contributed by atoms with Gasteiger partial charge in [-0.3, -0.25) is 4.79 Å². The van der Waals surface area contributed by atoms with Crippen molar-refractivity contribution in [2.75, 3.05) is 6.61 Å². The maximum atomic E-state index is 12.5. The summed E-state index contributed by atoms with van der Waals surface area (Å²) in [6.45, 7) is 2.92. The number of carbonyl (C=O) groups excluding carboxylic acids is 1. The summed E-state index contributed by atoms with van der Waals surface area (Å²) < 4.78 is 5.47. The van der Waals surface area contributed by atoms with E-state index in [-0.39, 0.29) is 11.4 Å². The van der Waals surface area contributed by atoms with Crippen molar-refractivity contribution >= 4 is 16.7 Å². The van der Waals surface area contributed by atoms with Crippen LogP contribution >= 0.6 is 0 Å². The second-order valence-electron chi connectivity index (χ2n) is 7.19. The normalized spacial score (nSPS) is 31.0. The maximum Gasteiger partial charge on any atom is 0.312 e. The molecule has 2 aromatic rings. The number of esters is 1. The van der Waals surface area contributed by atoms with Crippen molar-refractivity contribution in [3.8, 4) is 0 Å². The first-order valence-electron chi connectivity index (χ1n) is 8.32. The molecule has 114 valence electrons. The van der Waals surface area contributed by atoms with E-state index in [4.69, 9.17) is 4.74 Å². The third kappa shape index (κ3) is 2.13. The average Bonchev–Trinajstić information content (AvgIpc) is 2.84. The van der Waals surface area contributed by atoms with Crippen LogP contribution in [0.1, 0.15) is 31.7 Å². The summed E-state index contributed by atoms with van der Waals surface area (Å²) in [6, 6.07) is 15.0. The smallest absolute Gasteiger partial charge is 0.312 e. The Hall–Kier alpha value is -1.83. The molecule has 2 aromatic carbocycles. The molecule has 1 saturated heterocycles. The molecule has 0 N–H and O–H groups in total. The fourth-order valence-corrected chi connectivity index (χ4v) is 4.37. The maximum absolute atomic E-state index is 12.5. The van der Waals surface area contributed by atoms with Crippen molar-refractivity contribution in [2.24, 2.45) is 17.3 Å². The van der Waals surface area contributed by atoms with Crippen LogP contribution < -0.4 is 0 Å². The molecule has 1 aliphatic carbocycles. The van der Waals surface area contributed by atoms with Gasteiger partial charge >= 0.3 is 5.97 Å². The molecular weight excluding hydrogens is 272 g/mol. The molecule has 2 fully saturated rings. The van der Waals surface area contributed by atoms with Gasteiger partial charge in [-0.25, -0.2) is 0 Å². The number of ether oxygens (including phenoxy) is 1. The molecule has 1 saturated carbocycles. The van der Waals surface area contributed by atoms with E-state index in [2.05, 4.69) is 49.4 Å². The number of hydrogen-bond donors (Lipinski definition) is 0. The lowest BCUT2D eigenvalue weighted by Gasteiger charge is -2.38. The predicted molar refractivity (Wildman–Crippen MR) is 87.5 cm³/mol. The van der Waals surface area contributed by atoms with Crippen LogP contribution in [-0.4, -0.2) is 12.6 Å². The third-order valence-electron chi connectivity index (χ3n) is 5.71. The Morgan fingerprint density at radius 1 is 1.18 bits per heavy atom. The lowest BCUT2D eigenvalue weighted by Crippen LogP contribution is -2.40. The topological polar surface area (TPSA) is 26.3 Å². The zero-order chi connectivity index (χ0) is 15.2. The quantitative estimate of drug-likeness (QED) is 0.769. The molecule has 0 bridgehead atoms. The van der Waals surface area contributed by atoms with Crippen molar-refractivity contribution in [1.29, 1.82) is 0 Å². The molecule has 2 aliphatic rings. The first-order chi connectivity index (χ1) is 10.7. The van der Waals surface area contributed by atoms with Gasteiger partial charge in [0.2, 0.25) is 0 Å². The fourth-order valence-electron chi connectivity index (χ4n) is 4.37. The molecule has 4 rings (SSSR count). The Labute approximate surface area is 131 Å². The van der Waals surface area contributed by atoms with Gasteiger partial charge in [0, 0.05) is 5.92 Å². The van der Waals surface area contributed by atoms with Crippen LogP contribution in [0.15, 0.2) is 42.5 Å². The number of rotatable bonds is 2. The Kier molecular flexibility index (Phi) is 3.21. The van der Waals surface area contributed by atoms with Crippen molar-refractivity contribution < 1.29 is 9.53 Å². The minimum absolute atomic E-state index is 0.0394. The SMILES string of the molecule is CC1CCC2(Cc3ccc4ccccc4c3)C(=O)OCC2C1. The van der Waals surface area contributed by atoms with Crippen LogP contribution in [0.25, 0.3) is 10.8 Å². The van der Waals surface area contributed by atoms with Gasteiger partial charge < -0.3 is 4.74 Å². The van der Waals surface area contributed by atoms with E-state index in [9.17, 15) is 4.79 Å². The van der Waals surface area contributed by atoms with Crippen molar-refractivity contribution in [1.82, 2.24) is 0 Å². The first kappa shape index (κ1) is 13.8. The van der Waals surface area contributed by atoms with Gasteiger partial charge in [-0.2, -0.15) is 0 Å². The highest BCUT2D eigenvalue weighted by Gasteiger charge is 2.54. The van der Waals surface area contributed by atoms with Crippen molar-refractivity contribution in [3.63, 3.8) is 0 Å². The molecule has 3 unspecified atom stereocenters. The van der Waals surface area contributed by atoms with Crippen LogP contribution in [-0.2, 0) is 16.0 Å². The Bertz CT molecular complexity index is 720. The van der Waals surface area contributed by atoms with E-state index in [1.54, 1.807) is 0 Å². The molecule has 22 heavy (non-hydrogen) atoms. The van der Waals surface area contributed by atoms with Crippen LogP contribution in [0.4, 0.5) is 0 Å². The highest BCUT2D eigenvalue weighted by atomic mass is 16.5. The summed E-state index contributed by atoms with van der Waals surface area (Å²) in [5.74, 6) is 1.15. The molecule has 2 heteroatoms. The van der Waals surface area contributed by atoms with E-state index in [1.807, 2.05) is 0 Å². The second-order valence-corrected chi connectivity index (χ2v) is 7.19. The van der Waals surface area contributed by atoms with Crippen LogP contribution in [0.3, 0.4) is 0 Å². The van der Waals surface area contributed by atoms with Gasteiger partial charge in [0.15, 0.2) is 0 Å². The van der Waals surface area contributed by atoms with Crippen LogP contribution in [0.5, 0.6) is 0 Å². The van der Waals surface area contributed by atoms with Crippen molar-refractivity contribution in [2.45, 2.75) is 32.6 Å².